The molecule has 2 rings (SSSR count). The Labute approximate surface area is 120 Å². The number of anilines is 1. The van der Waals surface area contributed by atoms with Crippen molar-refractivity contribution in [3.05, 3.63) is 64.1 Å². The van der Waals surface area contributed by atoms with Gasteiger partial charge in [0.05, 0.1) is 13.0 Å². The molecule has 0 unspecified atom stereocenters. The van der Waals surface area contributed by atoms with Crippen LogP contribution in [0.3, 0.4) is 0 Å². The molecule has 19 heavy (non-hydrogen) atoms. The van der Waals surface area contributed by atoms with Gasteiger partial charge in [-0.15, -0.1) is 0 Å². The van der Waals surface area contributed by atoms with E-state index in [0.29, 0.717) is 12.1 Å². The Kier molecular flexibility index (Phi) is 4.71. The minimum absolute atomic E-state index is 0.0324. The zero-order valence-corrected chi connectivity index (χ0v) is 11.9. The average Bonchev–Trinajstić information content (AvgIpc) is 2.38. The number of aliphatic hydroxyl groups is 1. The van der Waals surface area contributed by atoms with Crippen molar-refractivity contribution >= 4 is 27.5 Å². The molecule has 0 heterocycles. The first kappa shape index (κ1) is 13.8. The van der Waals surface area contributed by atoms with Gasteiger partial charge in [-0.1, -0.05) is 40.2 Å². The molecule has 98 valence electrons. The van der Waals surface area contributed by atoms with Gasteiger partial charge in [-0.25, -0.2) is 0 Å². The highest BCUT2D eigenvalue weighted by Crippen LogP contribution is 2.14. The van der Waals surface area contributed by atoms with Crippen molar-refractivity contribution < 1.29 is 9.90 Å². The molecule has 0 bridgehead atoms. The Bertz CT molecular complexity index is 584. The second-order valence-corrected chi connectivity index (χ2v) is 5.13. The smallest absolute Gasteiger partial charge is 0.228 e. The molecule has 0 fully saturated rings. The molecule has 1 amide bonds. The molecule has 3 nitrogen and oxygen atoms in total. The van der Waals surface area contributed by atoms with Crippen molar-refractivity contribution in [2.45, 2.75) is 13.0 Å². The number of benzene rings is 2. The zero-order valence-electron chi connectivity index (χ0n) is 10.3. The Morgan fingerprint density at radius 2 is 1.84 bits per heavy atom. The van der Waals surface area contributed by atoms with Gasteiger partial charge < -0.3 is 10.4 Å². The summed E-state index contributed by atoms with van der Waals surface area (Å²) >= 11 is 3.38. The molecule has 0 spiro atoms. The van der Waals surface area contributed by atoms with Gasteiger partial charge in [0.25, 0.3) is 0 Å². The fourth-order valence-corrected chi connectivity index (χ4v) is 2.23. The normalized spacial score (nSPS) is 10.2. The number of aliphatic hydroxyl groups excluding tert-OH is 1. The third-order valence-electron chi connectivity index (χ3n) is 2.65. The molecule has 4 heteroatoms. The number of rotatable bonds is 4. The summed E-state index contributed by atoms with van der Waals surface area (Å²) in [6.07, 6.45) is 0.322. The van der Waals surface area contributed by atoms with Crippen molar-refractivity contribution in [1.82, 2.24) is 0 Å². The van der Waals surface area contributed by atoms with Crippen molar-refractivity contribution in [1.29, 1.82) is 0 Å². The molecule has 2 aromatic rings. The standard InChI is InChI=1S/C15H14BrNO2/c16-13-5-1-3-11(7-13)9-15(19)17-14-6-2-4-12(8-14)10-18/h1-8,18H,9-10H2,(H,17,19). The summed E-state index contributed by atoms with van der Waals surface area (Å²) in [6, 6.07) is 14.8. The van der Waals surface area contributed by atoms with E-state index in [-0.39, 0.29) is 12.5 Å². The van der Waals surface area contributed by atoms with Gasteiger partial charge in [0.15, 0.2) is 0 Å². The lowest BCUT2D eigenvalue weighted by Crippen LogP contribution is -2.14. The van der Waals surface area contributed by atoms with Gasteiger partial charge >= 0.3 is 0 Å². The monoisotopic (exact) mass is 319 g/mol. The molecular formula is C15H14BrNO2. The summed E-state index contributed by atoms with van der Waals surface area (Å²) in [5, 5.41) is 11.9. The van der Waals surface area contributed by atoms with E-state index in [2.05, 4.69) is 21.2 Å². The van der Waals surface area contributed by atoms with Crippen LogP contribution < -0.4 is 5.32 Å². The van der Waals surface area contributed by atoms with E-state index in [9.17, 15) is 4.79 Å². The van der Waals surface area contributed by atoms with Crippen molar-refractivity contribution in [2.75, 3.05) is 5.32 Å². The second-order valence-electron chi connectivity index (χ2n) is 4.21. The van der Waals surface area contributed by atoms with Crippen LogP contribution in [0.2, 0.25) is 0 Å². The summed E-state index contributed by atoms with van der Waals surface area (Å²) < 4.78 is 0.958. The Balaban J connectivity index is 2.01. The van der Waals surface area contributed by atoms with E-state index in [1.54, 1.807) is 18.2 Å². The number of hydrogen-bond acceptors (Lipinski definition) is 2. The Hall–Kier alpha value is -1.65. The third kappa shape index (κ3) is 4.19. The van der Waals surface area contributed by atoms with Crippen LogP contribution in [0, 0.1) is 0 Å². The van der Waals surface area contributed by atoms with Crippen LogP contribution in [0.4, 0.5) is 5.69 Å². The molecule has 2 aromatic carbocycles. The first-order valence-corrected chi connectivity index (χ1v) is 6.71. The van der Waals surface area contributed by atoms with Gasteiger partial charge in [-0.3, -0.25) is 4.79 Å². The minimum atomic E-state index is -0.0758. The van der Waals surface area contributed by atoms with Gasteiger partial charge in [-0.2, -0.15) is 0 Å². The number of nitrogens with one attached hydrogen (secondary N) is 1. The zero-order chi connectivity index (χ0) is 13.7. The summed E-state index contributed by atoms with van der Waals surface area (Å²) in [5.74, 6) is -0.0758. The first-order valence-electron chi connectivity index (χ1n) is 5.91. The average molecular weight is 320 g/mol. The molecule has 0 aliphatic rings. The topological polar surface area (TPSA) is 49.3 Å². The van der Waals surface area contributed by atoms with Crippen LogP contribution >= 0.6 is 15.9 Å². The van der Waals surface area contributed by atoms with Crippen molar-refractivity contribution in [2.24, 2.45) is 0 Å². The quantitative estimate of drug-likeness (QED) is 0.909. The molecule has 0 saturated carbocycles. The van der Waals surface area contributed by atoms with E-state index in [0.717, 1.165) is 15.6 Å². The number of hydrogen-bond donors (Lipinski definition) is 2. The van der Waals surface area contributed by atoms with Crippen molar-refractivity contribution in [3.8, 4) is 0 Å². The van der Waals surface area contributed by atoms with Gasteiger partial charge in [0.1, 0.15) is 0 Å². The highest BCUT2D eigenvalue weighted by molar-refractivity contribution is 9.10. The molecule has 0 radical (unpaired) electrons. The first-order chi connectivity index (χ1) is 9.17. The molecule has 0 atom stereocenters. The minimum Gasteiger partial charge on any atom is -0.392 e. The molecule has 0 aliphatic carbocycles. The van der Waals surface area contributed by atoms with Crippen LogP contribution in [0.5, 0.6) is 0 Å². The molecule has 0 aromatic heterocycles. The Morgan fingerprint density at radius 3 is 2.58 bits per heavy atom. The predicted molar refractivity (Wildman–Crippen MR) is 78.8 cm³/mol. The maximum absolute atomic E-state index is 11.9. The predicted octanol–water partition coefficient (Wildman–Crippen LogP) is 3.12. The number of carbonyl (C=O) groups is 1. The maximum Gasteiger partial charge on any atom is 0.228 e. The summed E-state index contributed by atoms with van der Waals surface area (Å²) in [7, 11) is 0. The fraction of sp³-hybridized carbons (Fsp3) is 0.133. The van der Waals surface area contributed by atoms with E-state index < -0.39 is 0 Å². The van der Waals surface area contributed by atoms with Crippen LogP contribution in [0.1, 0.15) is 11.1 Å². The largest absolute Gasteiger partial charge is 0.392 e. The molecule has 2 N–H and O–H groups in total. The lowest BCUT2D eigenvalue weighted by Gasteiger charge is -2.07. The van der Waals surface area contributed by atoms with Crippen LogP contribution in [-0.2, 0) is 17.8 Å². The van der Waals surface area contributed by atoms with Crippen LogP contribution in [-0.4, -0.2) is 11.0 Å². The van der Waals surface area contributed by atoms with E-state index in [1.165, 1.54) is 0 Å². The molecular weight excluding hydrogens is 306 g/mol. The van der Waals surface area contributed by atoms with Crippen LogP contribution in [0.25, 0.3) is 0 Å². The second kappa shape index (κ2) is 6.50. The summed E-state index contributed by atoms with van der Waals surface area (Å²) in [4.78, 5) is 11.9. The van der Waals surface area contributed by atoms with Gasteiger partial charge in [-0.05, 0) is 35.4 Å². The maximum atomic E-state index is 11.9. The highest BCUT2D eigenvalue weighted by atomic mass is 79.9. The molecule has 0 aliphatic heterocycles. The fourth-order valence-electron chi connectivity index (χ4n) is 1.78. The SMILES string of the molecule is O=C(Cc1cccc(Br)c1)Nc1cccc(CO)c1. The van der Waals surface area contributed by atoms with Crippen molar-refractivity contribution in [3.63, 3.8) is 0 Å². The van der Waals surface area contributed by atoms with Gasteiger partial charge in [0, 0.05) is 10.2 Å². The number of halogens is 1. The number of amides is 1. The van der Waals surface area contributed by atoms with E-state index >= 15 is 0 Å². The highest BCUT2D eigenvalue weighted by Gasteiger charge is 2.05. The number of carbonyl (C=O) groups excluding carboxylic acids is 1. The summed E-state index contributed by atoms with van der Waals surface area (Å²) in [6.45, 7) is -0.0324. The lowest BCUT2D eigenvalue weighted by molar-refractivity contribution is -0.115. The summed E-state index contributed by atoms with van der Waals surface area (Å²) in [5.41, 5.74) is 2.43. The molecule has 0 saturated heterocycles. The van der Waals surface area contributed by atoms with Gasteiger partial charge in [0.2, 0.25) is 5.91 Å². The van der Waals surface area contributed by atoms with Crippen LogP contribution in [0.15, 0.2) is 53.0 Å². The van der Waals surface area contributed by atoms with E-state index in [1.807, 2.05) is 30.3 Å². The van der Waals surface area contributed by atoms with E-state index in [4.69, 9.17) is 5.11 Å². The Morgan fingerprint density at radius 1 is 1.11 bits per heavy atom. The third-order valence-corrected chi connectivity index (χ3v) is 3.14. The lowest BCUT2D eigenvalue weighted by atomic mass is 10.1.